The van der Waals surface area contributed by atoms with Crippen LogP contribution in [-0.4, -0.2) is 42.0 Å². The molecule has 0 bridgehead atoms. The minimum atomic E-state index is -4.78. The van der Waals surface area contributed by atoms with Gasteiger partial charge in [-0.2, -0.15) is 26.3 Å². The van der Waals surface area contributed by atoms with E-state index in [9.17, 15) is 40.7 Å². The summed E-state index contributed by atoms with van der Waals surface area (Å²) in [6.45, 7) is 1.71. The molecule has 0 radical (unpaired) electrons. The number of carbonyl (C=O) groups is 3. The second kappa shape index (κ2) is 12.3. The van der Waals surface area contributed by atoms with Crippen molar-refractivity contribution in [3.8, 4) is 0 Å². The highest BCUT2D eigenvalue weighted by atomic mass is 35.5. The van der Waals surface area contributed by atoms with E-state index >= 15 is 0 Å². The van der Waals surface area contributed by atoms with Gasteiger partial charge in [-0.15, -0.1) is 0 Å². The fourth-order valence-electron chi connectivity index (χ4n) is 4.38. The maximum absolute atomic E-state index is 13.3. The lowest BCUT2D eigenvalue weighted by Gasteiger charge is -2.26. The van der Waals surface area contributed by atoms with Crippen molar-refractivity contribution in [2.75, 3.05) is 5.32 Å². The highest BCUT2D eigenvalue weighted by Gasteiger charge is 2.40. The van der Waals surface area contributed by atoms with Crippen molar-refractivity contribution in [2.45, 2.75) is 51.1 Å². The van der Waals surface area contributed by atoms with Crippen LogP contribution in [0.15, 0.2) is 47.5 Å². The van der Waals surface area contributed by atoms with Crippen LogP contribution >= 0.6 is 11.6 Å². The number of nitrogens with one attached hydrogen (secondary N) is 2. The van der Waals surface area contributed by atoms with E-state index in [0.717, 1.165) is 0 Å². The number of hydrogen-bond donors (Lipinski definition) is 3. The van der Waals surface area contributed by atoms with Crippen LogP contribution in [0, 0.1) is 18.8 Å². The summed E-state index contributed by atoms with van der Waals surface area (Å²) < 4.78 is 77.7. The first-order valence-electron chi connectivity index (χ1n) is 12.0. The molecule has 1 heterocycles. The molecule has 3 atom stereocenters. The number of carbonyl (C=O) groups excluding carboxylic acids is 3. The van der Waals surface area contributed by atoms with Gasteiger partial charge in [-0.1, -0.05) is 41.9 Å². The van der Waals surface area contributed by atoms with E-state index < -0.39 is 73.8 Å². The third-order valence-electron chi connectivity index (χ3n) is 6.33. The van der Waals surface area contributed by atoms with Gasteiger partial charge in [0.25, 0.3) is 5.91 Å². The molecule has 2 unspecified atom stereocenters. The average molecular weight is 591 g/mol. The molecule has 0 fully saturated rings. The number of nitrogens with zero attached hydrogens (tertiary/aromatic N) is 1. The first-order chi connectivity index (χ1) is 18.6. The van der Waals surface area contributed by atoms with Crippen LogP contribution in [0.25, 0.3) is 0 Å². The first kappa shape index (κ1) is 30.9. The molecular formula is C26H25ClF6N4O3. The molecule has 1 aliphatic rings. The third-order valence-corrected chi connectivity index (χ3v) is 6.56. The standard InChI is InChI=1S/C26H25ClF6N4O3/c1-13-4-2-7-18-19(13)36-24(40)22(35-20(18)14-5-3-6-15(27)12-14)37-23(39)17(9-11-26(31,32)33)16(21(34)38)8-10-25(28,29)30/h2-7,12,16-17,22H,8-11H2,1H3,(H2,34,38)(H,36,40)(H,37,39)/t16?,17?,22-/m1/s1. The van der Waals surface area contributed by atoms with E-state index in [1.807, 2.05) is 0 Å². The molecule has 4 N–H and O–H groups in total. The average Bonchev–Trinajstić information content (AvgIpc) is 2.97. The van der Waals surface area contributed by atoms with E-state index in [4.69, 9.17) is 17.3 Å². The molecule has 1 aliphatic heterocycles. The topological polar surface area (TPSA) is 114 Å². The number of aliphatic imine (C=N–C) groups is 1. The van der Waals surface area contributed by atoms with Gasteiger partial charge < -0.3 is 16.4 Å². The van der Waals surface area contributed by atoms with Gasteiger partial charge in [-0.05, 0) is 37.5 Å². The smallest absolute Gasteiger partial charge is 0.369 e. The Morgan fingerprint density at radius 3 is 2.20 bits per heavy atom. The molecule has 0 spiro atoms. The number of rotatable bonds is 9. The Morgan fingerprint density at radius 2 is 1.62 bits per heavy atom. The third kappa shape index (κ3) is 8.20. The molecule has 7 nitrogen and oxygen atoms in total. The number of primary amides is 1. The summed E-state index contributed by atoms with van der Waals surface area (Å²) in [5.41, 5.74) is 7.34. The number of para-hydroxylation sites is 1. The van der Waals surface area contributed by atoms with Crippen molar-refractivity contribution in [3.05, 3.63) is 64.2 Å². The van der Waals surface area contributed by atoms with Gasteiger partial charge in [-0.25, -0.2) is 4.99 Å². The van der Waals surface area contributed by atoms with Gasteiger partial charge in [-0.3, -0.25) is 14.4 Å². The lowest BCUT2D eigenvalue weighted by molar-refractivity contribution is -0.152. The van der Waals surface area contributed by atoms with Crippen LogP contribution < -0.4 is 16.4 Å². The van der Waals surface area contributed by atoms with Gasteiger partial charge in [0.05, 0.1) is 11.4 Å². The zero-order valence-electron chi connectivity index (χ0n) is 21.0. The Morgan fingerprint density at radius 1 is 1.02 bits per heavy atom. The number of halogens is 7. The maximum Gasteiger partial charge on any atom is 0.389 e. The van der Waals surface area contributed by atoms with Crippen LogP contribution in [0.5, 0.6) is 0 Å². The molecule has 0 saturated carbocycles. The Labute approximate surface area is 230 Å². The van der Waals surface area contributed by atoms with Crippen molar-refractivity contribution in [2.24, 2.45) is 22.6 Å². The second-order valence-corrected chi connectivity index (χ2v) is 9.75. The van der Waals surface area contributed by atoms with E-state index in [-0.39, 0.29) is 5.71 Å². The summed E-state index contributed by atoms with van der Waals surface area (Å²) >= 11 is 6.13. The molecule has 3 rings (SSSR count). The Kier molecular flexibility index (Phi) is 9.49. The maximum atomic E-state index is 13.3. The number of hydrogen-bond acceptors (Lipinski definition) is 4. The largest absolute Gasteiger partial charge is 0.389 e. The fourth-order valence-corrected chi connectivity index (χ4v) is 4.57. The summed E-state index contributed by atoms with van der Waals surface area (Å²) in [6, 6.07) is 11.5. The van der Waals surface area contributed by atoms with Crippen molar-refractivity contribution < 1.29 is 40.7 Å². The predicted molar refractivity (Wildman–Crippen MR) is 136 cm³/mol. The molecule has 3 amide bonds. The van der Waals surface area contributed by atoms with E-state index in [1.165, 1.54) is 0 Å². The van der Waals surface area contributed by atoms with Crippen LogP contribution in [-0.2, 0) is 14.4 Å². The summed E-state index contributed by atoms with van der Waals surface area (Å²) in [4.78, 5) is 42.8. The molecule has 2 aromatic rings. The Balaban J connectivity index is 2.02. The van der Waals surface area contributed by atoms with E-state index in [2.05, 4.69) is 15.6 Å². The number of nitrogens with two attached hydrogens (primary N) is 1. The van der Waals surface area contributed by atoms with Gasteiger partial charge >= 0.3 is 12.4 Å². The van der Waals surface area contributed by atoms with Crippen molar-refractivity contribution >= 4 is 40.7 Å². The monoisotopic (exact) mass is 590 g/mol. The summed E-state index contributed by atoms with van der Waals surface area (Å²) in [6.07, 6.45) is -16.4. The number of anilines is 1. The molecule has 0 aliphatic carbocycles. The van der Waals surface area contributed by atoms with Crippen molar-refractivity contribution in [1.82, 2.24) is 5.32 Å². The van der Waals surface area contributed by atoms with Crippen molar-refractivity contribution in [3.63, 3.8) is 0 Å². The first-order valence-corrected chi connectivity index (χ1v) is 12.4. The van der Waals surface area contributed by atoms with Crippen LogP contribution in [0.4, 0.5) is 32.0 Å². The lowest BCUT2D eigenvalue weighted by Crippen LogP contribution is -2.48. The Bertz CT molecular complexity index is 1310. The zero-order chi connectivity index (χ0) is 29.8. The van der Waals surface area contributed by atoms with E-state index in [0.29, 0.717) is 27.4 Å². The highest BCUT2D eigenvalue weighted by molar-refractivity contribution is 6.31. The Hall–Kier alpha value is -3.61. The molecule has 0 aromatic heterocycles. The SMILES string of the molecule is Cc1cccc2c1NC(=O)[C@@H](NC(=O)C(CCC(F)(F)F)C(CCC(F)(F)F)C(N)=O)N=C2c1cccc(Cl)c1. The predicted octanol–water partition coefficient (Wildman–Crippen LogP) is 5.28. The number of fused-ring (bicyclic) bond motifs is 1. The van der Waals surface area contributed by atoms with Gasteiger partial charge in [0.15, 0.2) is 0 Å². The molecule has 40 heavy (non-hydrogen) atoms. The quantitative estimate of drug-likeness (QED) is 0.345. The zero-order valence-corrected chi connectivity index (χ0v) is 21.8. The molecule has 0 saturated heterocycles. The number of aryl methyl sites for hydroxylation is 1. The number of benzene rings is 2. The fraction of sp³-hybridized carbons (Fsp3) is 0.385. The van der Waals surface area contributed by atoms with Crippen LogP contribution in [0.1, 0.15) is 42.4 Å². The second-order valence-electron chi connectivity index (χ2n) is 9.31. The molecule has 2 aromatic carbocycles. The number of amides is 3. The highest BCUT2D eigenvalue weighted by Crippen LogP contribution is 2.33. The molecule has 14 heteroatoms. The van der Waals surface area contributed by atoms with E-state index in [1.54, 1.807) is 49.4 Å². The summed E-state index contributed by atoms with van der Waals surface area (Å²) in [5, 5.41) is 5.18. The van der Waals surface area contributed by atoms with Crippen molar-refractivity contribution in [1.29, 1.82) is 0 Å². The van der Waals surface area contributed by atoms with Crippen LogP contribution in [0.2, 0.25) is 5.02 Å². The summed E-state index contributed by atoms with van der Waals surface area (Å²) in [5.74, 6) is -7.29. The normalized spacial score (nSPS) is 17.1. The van der Waals surface area contributed by atoms with Gasteiger partial charge in [0.1, 0.15) is 0 Å². The minimum Gasteiger partial charge on any atom is -0.369 e. The lowest BCUT2D eigenvalue weighted by atomic mass is 9.83. The number of alkyl halides is 6. The van der Waals surface area contributed by atoms with Crippen LogP contribution in [0.3, 0.4) is 0 Å². The number of benzodiazepines with no additional fused rings is 1. The molecular weight excluding hydrogens is 566 g/mol. The molecule has 216 valence electrons. The summed E-state index contributed by atoms with van der Waals surface area (Å²) in [7, 11) is 0. The van der Waals surface area contributed by atoms with Gasteiger partial charge in [0, 0.05) is 40.8 Å². The van der Waals surface area contributed by atoms with Gasteiger partial charge in [0.2, 0.25) is 18.0 Å². The minimum absolute atomic E-state index is 0.209.